The first-order chi connectivity index (χ1) is 25.2. The van der Waals surface area contributed by atoms with Crippen LogP contribution in [0.5, 0.6) is 17.2 Å². The number of rotatable bonds is 30. The third-order valence-electron chi connectivity index (χ3n) is 9.59. The first-order valence-corrected chi connectivity index (χ1v) is 21.7. The SMILES string of the molecule is C=O.CCCCCCCCCc1ccccc1OP(Oc1ccccc1CCCCCCCCC)Oc1ccccc1CCCCCCCCC. The van der Waals surface area contributed by atoms with Gasteiger partial charge in [-0.15, -0.1) is 0 Å². The first-order valence-electron chi connectivity index (χ1n) is 20.6. The highest BCUT2D eigenvalue weighted by Gasteiger charge is 2.24. The van der Waals surface area contributed by atoms with E-state index in [0.29, 0.717) is 0 Å². The van der Waals surface area contributed by atoms with Gasteiger partial charge in [-0.3, -0.25) is 0 Å². The number of aryl methyl sites for hydroxylation is 3. The van der Waals surface area contributed by atoms with Gasteiger partial charge in [0, 0.05) is 0 Å². The molecule has 3 aromatic rings. The van der Waals surface area contributed by atoms with Crippen molar-refractivity contribution in [1.29, 1.82) is 0 Å². The summed E-state index contributed by atoms with van der Waals surface area (Å²) in [6.45, 7) is 8.84. The number of carbonyl (C=O) groups is 1. The number of hydrogen-bond acceptors (Lipinski definition) is 4. The van der Waals surface area contributed by atoms with E-state index in [9.17, 15) is 0 Å². The Balaban J connectivity index is 0.00000442. The van der Waals surface area contributed by atoms with Crippen LogP contribution in [0.25, 0.3) is 0 Å². The minimum atomic E-state index is -1.72. The molecule has 0 unspecified atom stereocenters. The molecule has 0 fully saturated rings. The lowest BCUT2D eigenvalue weighted by Gasteiger charge is -2.22. The summed E-state index contributed by atoms with van der Waals surface area (Å²) in [5.74, 6) is 2.65. The zero-order valence-electron chi connectivity index (χ0n) is 32.7. The van der Waals surface area contributed by atoms with Crippen LogP contribution in [-0.4, -0.2) is 6.79 Å². The van der Waals surface area contributed by atoms with E-state index in [2.05, 4.69) is 93.6 Å². The minimum absolute atomic E-state index is 0.883. The van der Waals surface area contributed by atoms with Gasteiger partial charge in [-0.1, -0.05) is 191 Å². The summed E-state index contributed by atoms with van der Waals surface area (Å²) in [5.41, 5.74) is 3.72. The maximum atomic E-state index is 8.00. The summed E-state index contributed by atoms with van der Waals surface area (Å²) < 4.78 is 20.3. The second-order valence-corrected chi connectivity index (χ2v) is 14.9. The van der Waals surface area contributed by atoms with Crippen LogP contribution in [0.3, 0.4) is 0 Å². The van der Waals surface area contributed by atoms with Crippen LogP contribution in [0.1, 0.15) is 172 Å². The molecule has 0 radical (unpaired) electrons. The van der Waals surface area contributed by atoms with E-state index < -0.39 is 8.60 Å². The highest BCUT2D eigenvalue weighted by atomic mass is 31.2. The predicted molar refractivity (Wildman–Crippen MR) is 220 cm³/mol. The van der Waals surface area contributed by atoms with E-state index in [1.165, 1.54) is 152 Å². The number of hydrogen-bond donors (Lipinski definition) is 0. The smallest absolute Gasteiger partial charge is 0.408 e. The van der Waals surface area contributed by atoms with Crippen LogP contribution in [0.2, 0.25) is 0 Å². The predicted octanol–water partition coefficient (Wildman–Crippen LogP) is 15.1. The van der Waals surface area contributed by atoms with E-state index in [4.69, 9.17) is 18.4 Å². The average Bonchev–Trinajstić information content (AvgIpc) is 3.16. The molecule has 3 rings (SSSR count). The lowest BCUT2D eigenvalue weighted by Crippen LogP contribution is -2.06. The maximum Gasteiger partial charge on any atom is 0.530 e. The van der Waals surface area contributed by atoms with E-state index in [-0.39, 0.29) is 0 Å². The molecule has 0 aliphatic rings. The third kappa shape index (κ3) is 20.1. The Kier molecular flexibility index (Phi) is 26.7. The number of para-hydroxylation sites is 3. The standard InChI is InChI=1S/C45H69O3P.CH2O/c1-4-7-10-13-16-19-22-31-40-34-25-28-37-43(40)46-49(47-44-38-29-26-35-41(44)32-23-20-17-14-11-8-5-2)48-45-39-30-27-36-42(45)33-24-21-18-15-12-9-6-3;1-2/h25-30,34-39H,4-24,31-33H2,1-3H3;1H2. The molecule has 3 aromatic carbocycles. The quantitative estimate of drug-likeness (QED) is 0.0508. The number of unbranched alkanes of at least 4 members (excludes halogenated alkanes) is 18. The molecule has 284 valence electrons. The molecule has 0 heterocycles. The van der Waals surface area contributed by atoms with Gasteiger partial charge in [-0.2, -0.15) is 0 Å². The van der Waals surface area contributed by atoms with Crippen LogP contribution in [-0.2, 0) is 24.1 Å². The highest BCUT2D eigenvalue weighted by molar-refractivity contribution is 7.43. The van der Waals surface area contributed by atoms with Crippen molar-refractivity contribution in [2.45, 2.75) is 175 Å². The Morgan fingerprint density at radius 3 is 0.882 bits per heavy atom. The molecule has 0 amide bonds. The minimum Gasteiger partial charge on any atom is -0.408 e. The third-order valence-corrected chi connectivity index (χ3v) is 10.6. The van der Waals surface area contributed by atoms with Crippen molar-refractivity contribution in [2.24, 2.45) is 0 Å². The van der Waals surface area contributed by atoms with Gasteiger partial charge in [0.15, 0.2) is 0 Å². The molecule has 0 spiro atoms. The van der Waals surface area contributed by atoms with Gasteiger partial charge >= 0.3 is 8.60 Å². The molecular weight excluding hydrogens is 647 g/mol. The molecule has 0 atom stereocenters. The molecule has 51 heavy (non-hydrogen) atoms. The molecule has 5 heteroatoms. The summed E-state index contributed by atoms with van der Waals surface area (Å²) >= 11 is 0. The van der Waals surface area contributed by atoms with E-state index in [1.54, 1.807) is 0 Å². The largest absolute Gasteiger partial charge is 0.530 e. The molecule has 0 aliphatic carbocycles. The summed E-state index contributed by atoms with van der Waals surface area (Å²) in [7, 11) is -1.72. The Labute approximate surface area is 314 Å². The fourth-order valence-corrected chi connectivity index (χ4v) is 7.64. The van der Waals surface area contributed by atoms with Crippen molar-refractivity contribution in [3.63, 3.8) is 0 Å². The Hall–Kier alpha value is -2.84. The fraction of sp³-hybridized carbons (Fsp3) is 0.587. The first kappa shape index (κ1) is 44.3. The van der Waals surface area contributed by atoms with Crippen molar-refractivity contribution in [1.82, 2.24) is 0 Å². The zero-order chi connectivity index (χ0) is 36.6. The number of benzene rings is 3. The van der Waals surface area contributed by atoms with Crippen molar-refractivity contribution in [2.75, 3.05) is 0 Å². The fourth-order valence-electron chi connectivity index (χ4n) is 6.51. The Bertz CT molecular complexity index is 1100. The Morgan fingerprint density at radius 1 is 0.373 bits per heavy atom. The van der Waals surface area contributed by atoms with Crippen molar-refractivity contribution >= 4 is 15.4 Å². The van der Waals surface area contributed by atoms with Gasteiger partial charge in [0.2, 0.25) is 0 Å². The van der Waals surface area contributed by atoms with Crippen molar-refractivity contribution in [3.8, 4) is 17.2 Å². The van der Waals surface area contributed by atoms with E-state index >= 15 is 0 Å². The normalized spacial score (nSPS) is 10.9. The van der Waals surface area contributed by atoms with E-state index in [0.717, 1.165) is 36.5 Å². The van der Waals surface area contributed by atoms with Crippen molar-refractivity contribution in [3.05, 3.63) is 89.5 Å². The monoisotopic (exact) mass is 719 g/mol. The average molecular weight is 719 g/mol. The summed E-state index contributed by atoms with van der Waals surface area (Å²) in [6, 6.07) is 25.5. The van der Waals surface area contributed by atoms with Crippen LogP contribution < -0.4 is 13.6 Å². The van der Waals surface area contributed by atoms with Crippen LogP contribution >= 0.6 is 8.60 Å². The zero-order valence-corrected chi connectivity index (χ0v) is 33.6. The molecule has 0 aromatic heterocycles. The molecule has 0 aliphatic heterocycles. The van der Waals surface area contributed by atoms with Crippen LogP contribution in [0.15, 0.2) is 72.8 Å². The second-order valence-electron chi connectivity index (χ2n) is 13.9. The van der Waals surface area contributed by atoms with Crippen molar-refractivity contribution < 1.29 is 18.4 Å². The second kappa shape index (κ2) is 30.8. The molecular formula is C46H71O4P. The van der Waals surface area contributed by atoms with Gasteiger partial charge in [0.25, 0.3) is 0 Å². The Morgan fingerprint density at radius 2 is 0.608 bits per heavy atom. The molecule has 0 bridgehead atoms. The lowest BCUT2D eigenvalue weighted by atomic mass is 10.0. The molecule has 0 N–H and O–H groups in total. The lowest BCUT2D eigenvalue weighted by molar-refractivity contribution is -0.0980. The van der Waals surface area contributed by atoms with E-state index in [1.807, 2.05) is 6.79 Å². The summed E-state index contributed by atoms with van der Waals surface area (Å²) in [6.07, 6.45) is 30.3. The summed E-state index contributed by atoms with van der Waals surface area (Å²) in [4.78, 5) is 8.00. The maximum absolute atomic E-state index is 8.00. The van der Waals surface area contributed by atoms with Crippen LogP contribution in [0, 0.1) is 0 Å². The van der Waals surface area contributed by atoms with Gasteiger partial charge in [-0.05, 0) is 73.4 Å². The molecule has 0 saturated carbocycles. The van der Waals surface area contributed by atoms with Gasteiger partial charge in [0.05, 0.1) is 0 Å². The van der Waals surface area contributed by atoms with Gasteiger partial charge < -0.3 is 18.4 Å². The highest BCUT2D eigenvalue weighted by Crippen LogP contribution is 2.45. The van der Waals surface area contributed by atoms with Crippen LogP contribution in [0.4, 0.5) is 0 Å². The summed E-state index contributed by atoms with van der Waals surface area (Å²) in [5, 5.41) is 0. The molecule has 4 nitrogen and oxygen atoms in total. The number of carbonyl (C=O) groups excluding carboxylic acids is 1. The topological polar surface area (TPSA) is 44.8 Å². The van der Waals surface area contributed by atoms with Gasteiger partial charge in [0.1, 0.15) is 24.0 Å². The molecule has 0 saturated heterocycles. The van der Waals surface area contributed by atoms with Gasteiger partial charge in [-0.25, -0.2) is 0 Å².